The molecule has 0 unspecified atom stereocenters. The Morgan fingerprint density at radius 2 is 0.938 bits per heavy atom. The van der Waals surface area contributed by atoms with Crippen molar-refractivity contribution in [1.82, 2.24) is 4.57 Å². The zero-order valence-electron chi connectivity index (χ0n) is 33.9. The van der Waals surface area contributed by atoms with Crippen LogP contribution in [0.2, 0.25) is 5.02 Å². The van der Waals surface area contributed by atoms with E-state index in [-0.39, 0.29) is 47.1 Å². The minimum atomic E-state index is -1.59. The summed E-state index contributed by atoms with van der Waals surface area (Å²) in [7, 11) is 2.54. The average molecular weight is 971 g/mol. The van der Waals surface area contributed by atoms with Crippen LogP contribution in [0.1, 0.15) is 41.4 Å². The number of carbonyl (C=O) groups is 4. The molecule has 65 heavy (non-hydrogen) atoms. The van der Waals surface area contributed by atoms with E-state index in [1.165, 1.54) is 20.7 Å². The fraction of sp³-hybridized carbons (Fsp3) is 0.125. The second-order valence-corrected chi connectivity index (χ2v) is 16.3. The normalized spacial score (nSPS) is 18.3. The summed E-state index contributed by atoms with van der Waals surface area (Å²) in [6.45, 7) is -0.503. The van der Waals surface area contributed by atoms with Crippen LogP contribution in [-0.2, 0) is 23.7 Å². The molecule has 1 aromatic heterocycles. The molecule has 0 spiro atoms. The van der Waals surface area contributed by atoms with Gasteiger partial charge in [0, 0.05) is 0 Å². The van der Waals surface area contributed by atoms with Crippen molar-refractivity contribution in [3.63, 3.8) is 0 Å². The number of benzene rings is 6. The molecule has 6 aromatic carbocycles. The number of hydrogen-bond donors (Lipinski definition) is 0. The minimum Gasteiger partial charge on any atom is -0.459 e. The molecule has 1 saturated heterocycles. The molecule has 5 atom stereocenters. The summed E-state index contributed by atoms with van der Waals surface area (Å²) < 4.78 is 32.9. The van der Waals surface area contributed by atoms with E-state index in [1.54, 1.807) is 144 Å². The highest BCUT2D eigenvalue weighted by atomic mass is 35.5. The van der Waals surface area contributed by atoms with E-state index in [9.17, 15) is 19.2 Å². The zero-order valence-corrected chi connectivity index (χ0v) is 37.9. The van der Waals surface area contributed by atoms with Crippen LogP contribution in [0.15, 0.2) is 186 Å². The molecule has 0 N–H and O–H groups in total. The zero-order chi connectivity index (χ0) is 43.5. The summed E-state index contributed by atoms with van der Waals surface area (Å²) >= 11 is 6.82. The SMILES string of the molecule is Cl.Cl.O=C(OC[C@H]1O[C@@H](/N=c2/ssc(=Nc3ccccc3)n2-c2ccccc2Cl)[C@H](OC(=O)c2ccccc2)[C@@H](OC(=O)c2ccccc2)[C@@H]1OC(=O)c1ccccc1)c1ccccc1. The number of hydrogen-bond acceptors (Lipinski definition) is 13. The van der Waals surface area contributed by atoms with Crippen molar-refractivity contribution < 1.29 is 42.9 Å². The van der Waals surface area contributed by atoms with E-state index < -0.39 is 61.1 Å². The third-order valence-electron chi connectivity index (χ3n) is 9.64. The van der Waals surface area contributed by atoms with Crippen molar-refractivity contribution in [2.75, 3.05) is 6.61 Å². The van der Waals surface area contributed by atoms with Crippen molar-refractivity contribution in [2.24, 2.45) is 9.98 Å². The van der Waals surface area contributed by atoms with E-state index in [1.807, 2.05) is 36.4 Å². The van der Waals surface area contributed by atoms with Crippen molar-refractivity contribution in [3.8, 4) is 5.69 Å². The first-order chi connectivity index (χ1) is 30.8. The van der Waals surface area contributed by atoms with Gasteiger partial charge in [0.15, 0.2) is 24.5 Å². The lowest BCUT2D eigenvalue weighted by Crippen LogP contribution is -2.62. The molecule has 17 heteroatoms. The number of aromatic nitrogens is 1. The van der Waals surface area contributed by atoms with E-state index in [2.05, 4.69) is 0 Å². The van der Waals surface area contributed by atoms with Crippen LogP contribution in [0.25, 0.3) is 5.69 Å². The number of nitrogens with zero attached hydrogens (tertiary/aromatic N) is 3. The molecular formula is C48H38Cl3N3O9S2. The van der Waals surface area contributed by atoms with Crippen LogP contribution in [0.3, 0.4) is 0 Å². The van der Waals surface area contributed by atoms with Crippen molar-refractivity contribution >= 4 is 86.7 Å². The summed E-state index contributed by atoms with van der Waals surface area (Å²) in [6, 6.07) is 49.3. The van der Waals surface area contributed by atoms with Crippen LogP contribution >= 0.6 is 57.1 Å². The molecule has 1 fully saturated rings. The summed E-state index contributed by atoms with van der Waals surface area (Å²) in [5, 5.41) is 0.388. The molecule has 0 amide bonds. The maximum atomic E-state index is 14.1. The second-order valence-electron chi connectivity index (χ2n) is 13.8. The maximum absolute atomic E-state index is 14.1. The molecule has 0 bridgehead atoms. The van der Waals surface area contributed by atoms with Gasteiger partial charge in [-0.2, -0.15) is 0 Å². The molecule has 1 aliphatic rings. The number of para-hydroxylation sites is 2. The number of ether oxygens (including phenoxy) is 5. The van der Waals surface area contributed by atoms with Gasteiger partial charge in [0.25, 0.3) is 0 Å². The molecule has 1 aliphatic heterocycles. The Hall–Kier alpha value is -6.39. The molecule has 12 nitrogen and oxygen atoms in total. The monoisotopic (exact) mass is 969 g/mol. The molecule has 8 rings (SSSR count). The highest BCUT2D eigenvalue weighted by Gasteiger charge is 2.53. The van der Waals surface area contributed by atoms with Crippen molar-refractivity contribution in [2.45, 2.75) is 30.6 Å². The first kappa shape index (κ1) is 48.1. The third kappa shape index (κ3) is 11.9. The van der Waals surface area contributed by atoms with E-state index >= 15 is 0 Å². The standard InChI is InChI=1S/C48H36ClN3O9S2.2ClH/c49-36-28-16-17-29-37(36)52-47(50-35-26-14-5-15-27-35)62-63-48(52)51-42-41(61-46(56)34-24-12-4-13-25-34)40(60-45(55)33-22-10-3-11-23-33)39(59-44(54)32-20-8-2-9-21-32)38(58-42)30-57-43(53)31-18-6-1-7-19-31;;/h1-29,38-42H,30H2;2*1H/b50-47?,51-48+;;/t38-,39-,40+,41-,42-;;/m1../s1. The smallest absolute Gasteiger partial charge is 0.338 e. The van der Waals surface area contributed by atoms with Crippen LogP contribution < -0.4 is 9.60 Å². The average Bonchev–Trinajstić information content (AvgIpc) is 3.72. The molecule has 2 heterocycles. The van der Waals surface area contributed by atoms with E-state index in [0.717, 1.165) is 0 Å². The Labute approximate surface area is 397 Å². The molecular weight excluding hydrogens is 933 g/mol. The lowest BCUT2D eigenvalue weighted by atomic mass is 9.97. The summed E-state index contributed by atoms with van der Waals surface area (Å²) in [5.74, 6) is -3.13. The van der Waals surface area contributed by atoms with Crippen molar-refractivity contribution in [3.05, 3.63) is 213 Å². The van der Waals surface area contributed by atoms with Gasteiger partial charge in [0.2, 0.25) is 9.60 Å². The largest absolute Gasteiger partial charge is 0.459 e. The molecule has 0 radical (unpaired) electrons. The Morgan fingerprint density at radius 1 is 0.523 bits per heavy atom. The molecule has 332 valence electrons. The number of carbonyl (C=O) groups excluding carboxylic acids is 4. The van der Waals surface area contributed by atoms with E-state index in [0.29, 0.717) is 26.0 Å². The Bertz CT molecular complexity index is 2830. The summed E-state index contributed by atoms with van der Waals surface area (Å²) in [6.07, 6.45) is -7.51. The second kappa shape index (κ2) is 23.0. The van der Waals surface area contributed by atoms with Crippen LogP contribution in [0.5, 0.6) is 0 Å². The van der Waals surface area contributed by atoms with Gasteiger partial charge in [0.1, 0.15) is 12.7 Å². The lowest BCUT2D eigenvalue weighted by Gasteiger charge is -2.43. The van der Waals surface area contributed by atoms with Gasteiger partial charge in [-0.15, -0.1) is 24.8 Å². The lowest BCUT2D eigenvalue weighted by molar-refractivity contribution is -0.227. The van der Waals surface area contributed by atoms with Crippen LogP contribution in [-0.4, -0.2) is 65.7 Å². The van der Waals surface area contributed by atoms with Crippen molar-refractivity contribution in [1.29, 1.82) is 0 Å². The van der Waals surface area contributed by atoms with Gasteiger partial charge in [-0.05, 0) is 93.5 Å². The van der Waals surface area contributed by atoms with Gasteiger partial charge in [-0.3, -0.25) is 4.57 Å². The number of esters is 4. The van der Waals surface area contributed by atoms with E-state index in [4.69, 9.17) is 45.3 Å². The predicted molar refractivity (Wildman–Crippen MR) is 251 cm³/mol. The van der Waals surface area contributed by atoms with Gasteiger partial charge in [0.05, 0.1) is 38.7 Å². The number of halogens is 3. The minimum absolute atomic E-state index is 0. The Kier molecular flexibility index (Phi) is 17.0. The highest BCUT2D eigenvalue weighted by molar-refractivity contribution is 7.67. The maximum Gasteiger partial charge on any atom is 0.338 e. The quantitative estimate of drug-likeness (QED) is 0.0665. The predicted octanol–water partition coefficient (Wildman–Crippen LogP) is 9.49. The van der Waals surface area contributed by atoms with Gasteiger partial charge in [-0.1, -0.05) is 115 Å². The van der Waals surface area contributed by atoms with Gasteiger partial charge in [-0.25, -0.2) is 29.2 Å². The number of rotatable bonds is 12. The fourth-order valence-corrected chi connectivity index (χ4v) is 8.96. The first-order valence-corrected chi connectivity index (χ1v) is 22.1. The third-order valence-corrected chi connectivity index (χ3v) is 12.0. The van der Waals surface area contributed by atoms with Gasteiger partial charge < -0.3 is 23.7 Å². The Balaban J connectivity index is 0.00000350. The molecule has 7 aromatic rings. The van der Waals surface area contributed by atoms with Crippen LogP contribution in [0, 0.1) is 0 Å². The fourth-order valence-electron chi connectivity index (χ4n) is 6.59. The highest BCUT2D eigenvalue weighted by Crippen LogP contribution is 2.32. The Morgan fingerprint density at radius 3 is 1.45 bits per heavy atom. The topological polar surface area (TPSA) is 144 Å². The van der Waals surface area contributed by atoms with Gasteiger partial charge >= 0.3 is 23.9 Å². The first-order valence-electron chi connectivity index (χ1n) is 19.6. The summed E-state index contributed by atoms with van der Waals surface area (Å²) in [4.78, 5) is 66.3. The summed E-state index contributed by atoms with van der Waals surface area (Å²) in [5.41, 5.74) is 1.97. The molecule has 0 aliphatic carbocycles. The van der Waals surface area contributed by atoms with Crippen LogP contribution in [0.4, 0.5) is 5.69 Å². The molecule has 0 saturated carbocycles.